The van der Waals surface area contributed by atoms with E-state index < -0.39 is 17.8 Å². The van der Waals surface area contributed by atoms with Gasteiger partial charge in [-0.05, 0) is 50.6 Å². The largest absolute Gasteiger partial charge is 0.491 e. The lowest BCUT2D eigenvalue weighted by Gasteiger charge is -2.12. The van der Waals surface area contributed by atoms with E-state index in [0.717, 1.165) is 23.4 Å². The lowest BCUT2D eigenvalue weighted by atomic mass is 10.1. The highest BCUT2D eigenvalue weighted by Gasteiger charge is 2.33. The highest BCUT2D eigenvalue weighted by atomic mass is 19.4. The van der Waals surface area contributed by atoms with Crippen LogP contribution >= 0.6 is 0 Å². The van der Waals surface area contributed by atoms with Crippen molar-refractivity contribution in [1.82, 2.24) is 10.3 Å². The second-order valence-electron chi connectivity index (χ2n) is 5.82. The first kappa shape index (κ1) is 18.8. The normalized spacial score (nSPS) is 11.5. The number of aromatic nitrogens is 1. The maximum atomic E-state index is 12.6. The van der Waals surface area contributed by atoms with Crippen LogP contribution in [0.3, 0.4) is 0 Å². The Hall–Kier alpha value is -2.57. The standard InChI is InChI=1S/C18H19F3N2O2/c1-11(2)25-14-6-4-13(5-7-14)10-22-17(24)15-8-9-16(18(19,20)21)23-12(15)3/h4-9,11H,10H2,1-3H3,(H,22,24). The van der Waals surface area contributed by atoms with Gasteiger partial charge in [-0.25, -0.2) is 4.98 Å². The fourth-order valence-corrected chi connectivity index (χ4v) is 2.19. The number of hydrogen-bond donors (Lipinski definition) is 1. The van der Waals surface area contributed by atoms with Crippen LogP contribution in [-0.2, 0) is 12.7 Å². The van der Waals surface area contributed by atoms with Crippen LogP contribution in [-0.4, -0.2) is 17.0 Å². The van der Waals surface area contributed by atoms with Gasteiger partial charge in [0, 0.05) is 6.54 Å². The van der Waals surface area contributed by atoms with E-state index in [1.807, 2.05) is 26.0 Å². The van der Waals surface area contributed by atoms with Crippen LogP contribution in [0.15, 0.2) is 36.4 Å². The Bertz CT molecular complexity index is 741. The molecule has 1 aromatic heterocycles. The predicted octanol–water partition coefficient (Wildman–Crippen LogP) is 4.13. The maximum Gasteiger partial charge on any atom is 0.433 e. The molecular weight excluding hydrogens is 333 g/mol. The molecule has 0 saturated carbocycles. The van der Waals surface area contributed by atoms with Gasteiger partial charge in [0.15, 0.2) is 0 Å². The molecular formula is C18H19F3N2O2. The number of hydrogen-bond acceptors (Lipinski definition) is 3. The molecule has 0 aliphatic heterocycles. The summed E-state index contributed by atoms with van der Waals surface area (Å²) in [7, 11) is 0. The Balaban J connectivity index is 2.00. The summed E-state index contributed by atoms with van der Waals surface area (Å²) in [5.74, 6) is 0.258. The van der Waals surface area contributed by atoms with Gasteiger partial charge >= 0.3 is 6.18 Å². The summed E-state index contributed by atoms with van der Waals surface area (Å²) in [6, 6.07) is 9.17. The highest BCUT2D eigenvalue weighted by Crippen LogP contribution is 2.28. The molecule has 0 aliphatic rings. The Labute approximate surface area is 144 Å². The van der Waals surface area contributed by atoms with Crippen LogP contribution in [0.4, 0.5) is 13.2 Å². The van der Waals surface area contributed by atoms with E-state index >= 15 is 0 Å². The molecule has 0 atom stereocenters. The molecule has 1 amide bonds. The van der Waals surface area contributed by atoms with Crippen LogP contribution in [0.1, 0.15) is 41.2 Å². The SMILES string of the molecule is Cc1nc(C(F)(F)F)ccc1C(=O)NCc1ccc(OC(C)C)cc1. The van der Waals surface area contributed by atoms with Crippen LogP contribution in [0.5, 0.6) is 5.75 Å². The number of nitrogens with one attached hydrogen (secondary N) is 1. The summed E-state index contributed by atoms with van der Waals surface area (Å²) < 4.78 is 43.4. The number of nitrogens with zero attached hydrogens (tertiary/aromatic N) is 1. The molecule has 2 aromatic rings. The van der Waals surface area contributed by atoms with Gasteiger partial charge in [0.25, 0.3) is 5.91 Å². The van der Waals surface area contributed by atoms with Crippen molar-refractivity contribution in [3.63, 3.8) is 0 Å². The zero-order valence-corrected chi connectivity index (χ0v) is 14.1. The van der Waals surface area contributed by atoms with Crippen molar-refractivity contribution in [3.8, 4) is 5.75 Å². The van der Waals surface area contributed by atoms with Gasteiger partial charge in [0.05, 0.1) is 17.4 Å². The predicted molar refractivity (Wildman–Crippen MR) is 87.4 cm³/mol. The molecule has 0 aliphatic carbocycles. The summed E-state index contributed by atoms with van der Waals surface area (Å²) in [6.45, 7) is 5.48. The average molecular weight is 352 g/mol. The highest BCUT2D eigenvalue weighted by molar-refractivity contribution is 5.95. The van der Waals surface area contributed by atoms with Crippen molar-refractivity contribution in [2.24, 2.45) is 0 Å². The molecule has 0 spiro atoms. The second kappa shape index (κ2) is 7.55. The molecule has 0 fully saturated rings. The molecule has 4 nitrogen and oxygen atoms in total. The molecule has 0 saturated heterocycles. The van der Waals surface area contributed by atoms with Crippen molar-refractivity contribution < 1.29 is 22.7 Å². The zero-order chi connectivity index (χ0) is 18.6. The molecule has 1 N–H and O–H groups in total. The summed E-state index contributed by atoms with van der Waals surface area (Å²) in [6.07, 6.45) is -4.46. The Morgan fingerprint density at radius 2 is 1.80 bits per heavy atom. The molecule has 134 valence electrons. The van der Waals surface area contributed by atoms with Crippen LogP contribution in [0.2, 0.25) is 0 Å². The number of rotatable bonds is 5. The Morgan fingerprint density at radius 3 is 2.32 bits per heavy atom. The molecule has 0 radical (unpaired) electrons. The van der Waals surface area contributed by atoms with E-state index in [1.165, 1.54) is 6.92 Å². The molecule has 7 heteroatoms. The molecule has 0 unspecified atom stereocenters. The minimum Gasteiger partial charge on any atom is -0.491 e. The van der Waals surface area contributed by atoms with Crippen LogP contribution in [0.25, 0.3) is 0 Å². The van der Waals surface area contributed by atoms with E-state index in [0.29, 0.717) is 0 Å². The van der Waals surface area contributed by atoms with Crippen molar-refractivity contribution in [2.45, 2.75) is 39.6 Å². The number of amides is 1. The lowest BCUT2D eigenvalue weighted by Crippen LogP contribution is -2.24. The summed E-state index contributed by atoms with van der Waals surface area (Å²) >= 11 is 0. The van der Waals surface area contributed by atoms with Crippen molar-refractivity contribution in [3.05, 3.63) is 58.9 Å². The number of pyridine rings is 1. The van der Waals surface area contributed by atoms with E-state index in [1.54, 1.807) is 12.1 Å². The van der Waals surface area contributed by atoms with E-state index in [2.05, 4.69) is 10.3 Å². The monoisotopic (exact) mass is 352 g/mol. The zero-order valence-electron chi connectivity index (χ0n) is 14.1. The summed E-state index contributed by atoms with van der Waals surface area (Å²) in [4.78, 5) is 15.6. The van der Waals surface area contributed by atoms with Crippen molar-refractivity contribution >= 4 is 5.91 Å². The number of aryl methyl sites for hydroxylation is 1. The number of carbonyl (C=O) groups is 1. The molecule has 2 rings (SSSR count). The minimum atomic E-state index is -4.53. The molecule has 25 heavy (non-hydrogen) atoms. The van der Waals surface area contributed by atoms with Crippen LogP contribution < -0.4 is 10.1 Å². The van der Waals surface area contributed by atoms with Gasteiger partial charge in [-0.1, -0.05) is 12.1 Å². The van der Waals surface area contributed by atoms with Crippen LogP contribution in [0, 0.1) is 6.92 Å². The average Bonchev–Trinajstić information content (AvgIpc) is 2.52. The van der Waals surface area contributed by atoms with Gasteiger partial charge < -0.3 is 10.1 Å². The van der Waals surface area contributed by atoms with Crippen molar-refractivity contribution in [2.75, 3.05) is 0 Å². The van der Waals surface area contributed by atoms with E-state index in [9.17, 15) is 18.0 Å². The lowest BCUT2D eigenvalue weighted by molar-refractivity contribution is -0.141. The fourth-order valence-electron chi connectivity index (χ4n) is 2.19. The molecule has 1 heterocycles. The smallest absolute Gasteiger partial charge is 0.433 e. The second-order valence-corrected chi connectivity index (χ2v) is 5.82. The number of halogens is 3. The van der Waals surface area contributed by atoms with Crippen molar-refractivity contribution in [1.29, 1.82) is 0 Å². The third-order valence-corrected chi connectivity index (χ3v) is 3.37. The molecule has 0 bridgehead atoms. The van der Waals surface area contributed by atoms with Gasteiger partial charge in [-0.2, -0.15) is 13.2 Å². The number of benzene rings is 1. The number of carbonyl (C=O) groups excluding carboxylic acids is 1. The summed E-state index contributed by atoms with van der Waals surface area (Å²) in [5.41, 5.74) is -0.00922. The Kier molecular flexibility index (Phi) is 5.66. The first-order valence-corrected chi connectivity index (χ1v) is 7.75. The number of alkyl halides is 3. The first-order chi connectivity index (χ1) is 11.7. The van der Waals surface area contributed by atoms with Gasteiger partial charge in [-0.15, -0.1) is 0 Å². The third-order valence-electron chi connectivity index (χ3n) is 3.37. The van der Waals surface area contributed by atoms with E-state index in [4.69, 9.17) is 4.74 Å². The fraction of sp³-hybridized carbons (Fsp3) is 0.333. The summed E-state index contributed by atoms with van der Waals surface area (Å²) in [5, 5.41) is 2.67. The topological polar surface area (TPSA) is 51.2 Å². The number of ether oxygens (including phenoxy) is 1. The minimum absolute atomic E-state index is 0.0352. The Morgan fingerprint density at radius 1 is 1.16 bits per heavy atom. The first-order valence-electron chi connectivity index (χ1n) is 7.75. The van der Waals surface area contributed by atoms with Gasteiger partial charge in [0.2, 0.25) is 0 Å². The van der Waals surface area contributed by atoms with E-state index in [-0.39, 0.29) is 23.9 Å². The van der Waals surface area contributed by atoms with Gasteiger partial charge in [0.1, 0.15) is 11.4 Å². The molecule has 1 aromatic carbocycles. The maximum absolute atomic E-state index is 12.6. The van der Waals surface area contributed by atoms with Gasteiger partial charge in [-0.3, -0.25) is 4.79 Å². The quantitative estimate of drug-likeness (QED) is 0.880. The third kappa shape index (κ3) is 5.20.